The number of hydrogen-bond acceptors (Lipinski definition) is 3. The summed E-state index contributed by atoms with van der Waals surface area (Å²) >= 11 is 0. The summed E-state index contributed by atoms with van der Waals surface area (Å²) in [5, 5.41) is 9.13. The number of hydrogen-bond donors (Lipinski definition) is 0. The van der Waals surface area contributed by atoms with E-state index in [0.29, 0.717) is 17.0 Å². The van der Waals surface area contributed by atoms with Crippen molar-refractivity contribution in [3.63, 3.8) is 0 Å². The first-order valence-electron chi connectivity index (χ1n) is 7.53. The van der Waals surface area contributed by atoms with E-state index < -0.39 is 0 Å². The third-order valence-corrected chi connectivity index (χ3v) is 4.04. The summed E-state index contributed by atoms with van der Waals surface area (Å²) in [5.74, 6) is 0.538. The topological polar surface area (TPSA) is 53.3 Å². The number of ether oxygens (including phenoxy) is 1. The Hall–Kier alpha value is -1.86. The highest BCUT2D eigenvalue weighted by Gasteiger charge is 2.25. The number of rotatable bonds is 5. The highest BCUT2D eigenvalue weighted by Crippen LogP contribution is 2.23. The maximum absolute atomic E-state index is 12.6. The molecule has 0 aromatic heterocycles. The molecule has 4 heteroatoms. The third kappa shape index (κ3) is 4.05. The molecule has 1 fully saturated rings. The summed E-state index contributed by atoms with van der Waals surface area (Å²) in [4.78, 5) is 14.5. The molecule has 112 valence electrons. The first-order chi connectivity index (χ1) is 10.3. The number of likely N-dealkylation sites (tertiary alicyclic amines) is 1. The molecule has 0 unspecified atom stereocenters. The molecule has 1 aromatic carbocycles. The van der Waals surface area contributed by atoms with Crippen molar-refractivity contribution in [2.75, 3.05) is 26.8 Å². The van der Waals surface area contributed by atoms with Gasteiger partial charge in [0.25, 0.3) is 5.91 Å². The number of amides is 1. The standard InChI is InChI=1S/C17H22N2O2/c1-21-11-5-7-14-6-4-10-19(13-14)17(20)16-9-3-2-8-15(16)12-18/h2-3,8-9,14H,4-7,10-11,13H2,1H3/t14-/m0/s1. The van der Waals surface area contributed by atoms with Crippen molar-refractivity contribution in [2.45, 2.75) is 25.7 Å². The lowest BCUT2D eigenvalue weighted by molar-refractivity contribution is 0.0660. The maximum atomic E-state index is 12.6. The molecule has 1 saturated heterocycles. The Morgan fingerprint density at radius 1 is 1.48 bits per heavy atom. The fraction of sp³-hybridized carbons (Fsp3) is 0.529. The van der Waals surface area contributed by atoms with Gasteiger partial charge in [-0.25, -0.2) is 0 Å². The molecule has 0 spiro atoms. The number of nitrogens with zero attached hydrogens (tertiary/aromatic N) is 2. The Bertz CT molecular complexity index is 522. The van der Waals surface area contributed by atoms with Gasteiger partial charge in [0.2, 0.25) is 0 Å². The van der Waals surface area contributed by atoms with Crippen LogP contribution in [0.1, 0.15) is 41.6 Å². The molecule has 0 radical (unpaired) electrons. The summed E-state index contributed by atoms with van der Waals surface area (Å²) in [6.45, 7) is 2.36. The maximum Gasteiger partial charge on any atom is 0.255 e. The van der Waals surface area contributed by atoms with Gasteiger partial charge >= 0.3 is 0 Å². The van der Waals surface area contributed by atoms with Gasteiger partial charge in [-0.3, -0.25) is 4.79 Å². The van der Waals surface area contributed by atoms with E-state index >= 15 is 0 Å². The molecule has 1 heterocycles. The number of carbonyl (C=O) groups excluding carboxylic acids is 1. The lowest BCUT2D eigenvalue weighted by Crippen LogP contribution is -2.40. The predicted octanol–water partition coefficient (Wildman–Crippen LogP) is 2.84. The van der Waals surface area contributed by atoms with Gasteiger partial charge in [0.1, 0.15) is 0 Å². The van der Waals surface area contributed by atoms with E-state index in [0.717, 1.165) is 39.0 Å². The first kappa shape index (κ1) is 15.5. The van der Waals surface area contributed by atoms with Crippen LogP contribution in [0.5, 0.6) is 0 Å². The molecule has 0 bridgehead atoms. The summed E-state index contributed by atoms with van der Waals surface area (Å²) in [6.07, 6.45) is 4.35. The fourth-order valence-electron chi connectivity index (χ4n) is 2.94. The zero-order valence-electron chi connectivity index (χ0n) is 12.5. The van der Waals surface area contributed by atoms with E-state index in [1.165, 1.54) is 6.42 Å². The molecular formula is C17H22N2O2. The largest absolute Gasteiger partial charge is 0.385 e. The fourth-order valence-corrected chi connectivity index (χ4v) is 2.94. The molecule has 1 aliphatic heterocycles. The summed E-state index contributed by atoms with van der Waals surface area (Å²) in [7, 11) is 1.72. The second-order valence-electron chi connectivity index (χ2n) is 5.55. The first-order valence-corrected chi connectivity index (χ1v) is 7.53. The van der Waals surface area contributed by atoms with Gasteiger partial charge in [0.15, 0.2) is 0 Å². The third-order valence-electron chi connectivity index (χ3n) is 4.04. The predicted molar refractivity (Wildman–Crippen MR) is 80.9 cm³/mol. The summed E-state index contributed by atoms with van der Waals surface area (Å²) < 4.78 is 5.09. The molecule has 1 atom stereocenters. The van der Waals surface area contributed by atoms with Crippen LogP contribution < -0.4 is 0 Å². The van der Waals surface area contributed by atoms with E-state index in [-0.39, 0.29) is 5.91 Å². The molecule has 4 nitrogen and oxygen atoms in total. The van der Waals surface area contributed by atoms with Gasteiger partial charge in [0, 0.05) is 26.8 Å². The van der Waals surface area contributed by atoms with Crippen LogP contribution in [0.2, 0.25) is 0 Å². The minimum absolute atomic E-state index is 0.0106. The summed E-state index contributed by atoms with van der Waals surface area (Å²) in [6, 6.07) is 9.16. The van der Waals surface area contributed by atoms with Crippen molar-refractivity contribution in [1.82, 2.24) is 4.90 Å². The normalized spacial score (nSPS) is 18.3. The van der Waals surface area contributed by atoms with Crippen molar-refractivity contribution >= 4 is 5.91 Å². The molecule has 0 N–H and O–H groups in total. The van der Waals surface area contributed by atoms with Crippen molar-refractivity contribution in [1.29, 1.82) is 5.26 Å². The molecule has 2 rings (SSSR count). The average Bonchev–Trinajstić information content (AvgIpc) is 2.54. The van der Waals surface area contributed by atoms with Crippen molar-refractivity contribution < 1.29 is 9.53 Å². The van der Waals surface area contributed by atoms with Crippen molar-refractivity contribution in [2.24, 2.45) is 5.92 Å². The minimum atomic E-state index is -0.0106. The van der Waals surface area contributed by atoms with Crippen LogP contribution >= 0.6 is 0 Å². The summed E-state index contributed by atoms with van der Waals surface area (Å²) in [5.41, 5.74) is 0.988. The lowest BCUT2D eigenvalue weighted by atomic mass is 9.93. The number of benzene rings is 1. The van der Waals surface area contributed by atoms with Crippen LogP contribution in [0.3, 0.4) is 0 Å². The quantitative estimate of drug-likeness (QED) is 0.782. The number of methoxy groups -OCH3 is 1. The Morgan fingerprint density at radius 3 is 3.05 bits per heavy atom. The zero-order valence-corrected chi connectivity index (χ0v) is 12.5. The van der Waals surface area contributed by atoms with Crippen LogP contribution in [-0.4, -0.2) is 37.6 Å². The van der Waals surface area contributed by atoms with Gasteiger partial charge in [-0.05, 0) is 43.7 Å². The Kier molecular flexibility index (Phi) is 5.77. The molecule has 1 aromatic rings. The van der Waals surface area contributed by atoms with Gasteiger partial charge in [-0.2, -0.15) is 5.26 Å². The van der Waals surface area contributed by atoms with Gasteiger partial charge in [-0.1, -0.05) is 12.1 Å². The van der Waals surface area contributed by atoms with E-state index in [9.17, 15) is 4.79 Å². The monoisotopic (exact) mass is 286 g/mol. The highest BCUT2D eigenvalue weighted by molar-refractivity contribution is 5.96. The molecule has 21 heavy (non-hydrogen) atoms. The smallest absolute Gasteiger partial charge is 0.255 e. The molecule has 1 aliphatic rings. The van der Waals surface area contributed by atoms with E-state index in [1.54, 1.807) is 25.3 Å². The molecular weight excluding hydrogens is 264 g/mol. The van der Waals surface area contributed by atoms with E-state index in [4.69, 9.17) is 10.00 Å². The van der Waals surface area contributed by atoms with Crippen LogP contribution in [0, 0.1) is 17.2 Å². The van der Waals surface area contributed by atoms with E-state index in [1.807, 2.05) is 11.0 Å². The zero-order chi connectivity index (χ0) is 15.1. The minimum Gasteiger partial charge on any atom is -0.385 e. The van der Waals surface area contributed by atoms with Crippen LogP contribution in [0.4, 0.5) is 0 Å². The van der Waals surface area contributed by atoms with Crippen molar-refractivity contribution in [3.05, 3.63) is 35.4 Å². The average molecular weight is 286 g/mol. The molecule has 0 aliphatic carbocycles. The highest BCUT2D eigenvalue weighted by atomic mass is 16.5. The number of nitriles is 1. The Morgan fingerprint density at radius 2 is 2.29 bits per heavy atom. The molecule has 1 amide bonds. The Balaban J connectivity index is 2.00. The lowest BCUT2D eigenvalue weighted by Gasteiger charge is -2.33. The SMILES string of the molecule is COCCC[C@@H]1CCCN(C(=O)c2ccccc2C#N)C1. The second-order valence-corrected chi connectivity index (χ2v) is 5.55. The van der Waals surface area contributed by atoms with Crippen molar-refractivity contribution in [3.8, 4) is 6.07 Å². The van der Waals surface area contributed by atoms with Gasteiger partial charge in [0.05, 0.1) is 17.2 Å². The van der Waals surface area contributed by atoms with Gasteiger partial charge < -0.3 is 9.64 Å². The number of carbonyl (C=O) groups is 1. The van der Waals surface area contributed by atoms with Gasteiger partial charge in [-0.15, -0.1) is 0 Å². The van der Waals surface area contributed by atoms with Crippen LogP contribution in [-0.2, 0) is 4.74 Å². The van der Waals surface area contributed by atoms with E-state index in [2.05, 4.69) is 6.07 Å². The Labute approximate surface area is 126 Å². The van der Waals surface area contributed by atoms with Crippen LogP contribution in [0.15, 0.2) is 24.3 Å². The number of piperidine rings is 1. The molecule has 0 saturated carbocycles. The second kappa shape index (κ2) is 7.80. The van der Waals surface area contributed by atoms with Crippen LogP contribution in [0.25, 0.3) is 0 Å².